The van der Waals surface area contributed by atoms with Gasteiger partial charge in [0, 0.05) is 5.39 Å². The zero-order valence-corrected chi connectivity index (χ0v) is 16.1. The molecule has 0 atom stereocenters. The predicted octanol–water partition coefficient (Wildman–Crippen LogP) is 5.27. The first-order valence-corrected chi connectivity index (χ1v) is 9.31. The number of anilines is 1. The van der Waals surface area contributed by atoms with Gasteiger partial charge in [0.1, 0.15) is 12.4 Å². The first-order valence-electron chi connectivity index (χ1n) is 9.31. The highest BCUT2D eigenvalue weighted by molar-refractivity contribution is 5.82. The Hall–Kier alpha value is -3.86. The van der Waals surface area contributed by atoms with Crippen molar-refractivity contribution in [3.05, 3.63) is 96.1 Å². The van der Waals surface area contributed by atoms with E-state index in [1.807, 2.05) is 84.9 Å². The summed E-state index contributed by atoms with van der Waals surface area (Å²) in [6.07, 6.45) is 1.72. The molecule has 144 valence electrons. The first kappa shape index (κ1) is 18.5. The van der Waals surface area contributed by atoms with E-state index in [4.69, 9.17) is 9.47 Å². The second-order valence-corrected chi connectivity index (χ2v) is 6.44. The van der Waals surface area contributed by atoms with Gasteiger partial charge in [0.2, 0.25) is 0 Å². The topological polar surface area (TPSA) is 55.7 Å². The lowest BCUT2D eigenvalue weighted by atomic mass is 10.2. The number of hydrogen-bond donors (Lipinski definition) is 1. The lowest BCUT2D eigenvalue weighted by Crippen LogP contribution is -1.98. The molecule has 0 aliphatic heterocycles. The molecule has 0 radical (unpaired) electrons. The molecule has 5 heteroatoms. The van der Waals surface area contributed by atoms with Crippen molar-refractivity contribution in [1.29, 1.82) is 0 Å². The average Bonchev–Trinajstić information content (AvgIpc) is 2.78. The molecule has 4 rings (SSSR count). The molecule has 0 saturated carbocycles. The van der Waals surface area contributed by atoms with E-state index in [1.54, 1.807) is 13.3 Å². The molecular formula is C24H21N3O2. The molecule has 0 bridgehead atoms. The average molecular weight is 383 g/mol. The van der Waals surface area contributed by atoms with E-state index in [-0.39, 0.29) is 0 Å². The van der Waals surface area contributed by atoms with E-state index in [0.717, 1.165) is 22.0 Å². The smallest absolute Gasteiger partial charge is 0.161 e. The summed E-state index contributed by atoms with van der Waals surface area (Å²) in [4.78, 5) is 4.54. The molecule has 29 heavy (non-hydrogen) atoms. The highest BCUT2D eigenvalue weighted by Gasteiger charge is 2.05. The Balaban J connectivity index is 1.42. The molecule has 0 spiro atoms. The monoisotopic (exact) mass is 383 g/mol. The number of aromatic nitrogens is 1. The second kappa shape index (κ2) is 8.89. The number of para-hydroxylation sites is 1. The van der Waals surface area contributed by atoms with Gasteiger partial charge in [-0.1, -0.05) is 48.5 Å². The molecule has 0 amide bonds. The minimum absolute atomic E-state index is 0.486. The highest BCUT2D eigenvalue weighted by Crippen LogP contribution is 2.28. The van der Waals surface area contributed by atoms with Gasteiger partial charge in [0.25, 0.3) is 0 Å². The van der Waals surface area contributed by atoms with Crippen LogP contribution in [-0.4, -0.2) is 18.3 Å². The Morgan fingerprint density at radius 1 is 0.897 bits per heavy atom. The molecule has 0 aliphatic carbocycles. The summed E-state index contributed by atoms with van der Waals surface area (Å²) in [6, 6.07) is 27.6. The molecule has 0 aliphatic rings. The number of nitrogens with one attached hydrogen (secondary N) is 1. The van der Waals surface area contributed by atoms with Gasteiger partial charge in [0.15, 0.2) is 11.5 Å². The Morgan fingerprint density at radius 3 is 2.59 bits per heavy atom. The van der Waals surface area contributed by atoms with Gasteiger partial charge in [-0.25, -0.2) is 4.98 Å². The van der Waals surface area contributed by atoms with Gasteiger partial charge in [-0.05, 0) is 47.5 Å². The van der Waals surface area contributed by atoms with Crippen LogP contribution in [0.4, 0.5) is 5.82 Å². The van der Waals surface area contributed by atoms with E-state index >= 15 is 0 Å². The highest BCUT2D eigenvalue weighted by atomic mass is 16.5. The van der Waals surface area contributed by atoms with Gasteiger partial charge in [-0.3, -0.25) is 5.43 Å². The van der Waals surface area contributed by atoms with Crippen LogP contribution in [0.3, 0.4) is 0 Å². The third-order valence-electron chi connectivity index (χ3n) is 4.42. The molecule has 0 fully saturated rings. The molecule has 0 saturated heterocycles. The molecule has 5 nitrogen and oxygen atoms in total. The largest absolute Gasteiger partial charge is 0.493 e. The maximum Gasteiger partial charge on any atom is 0.161 e. The summed E-state index contributed by atoms with van der Waals surface area (Å²) in [5.41, 5.74) is 5.89. The van der Waals surface area contributed by atoms with Crippen LogP contribution in [0.25, 0.3) is 10.9 Å². The summed E-state index contributed by atoms with van der Waals surface area (Å²) in [5, 5.41) is 5.38. The molecular weight excluding hydrogens is 362 g/mol. The maximum atomic E-state index is 5.89. The van der Waals surface area contributed by atoms with Crippen molar-refractivity contribution in [2.45, 2.75) is 6.61 Å². The van der Waals surface area contributed by atoms with Gasteiger partial charge in [-0.2, -0.15) is 5.10 Å². The fourth-order valence-corrected chi connectivity index (χ4v) is 2.92. The molecule has 0 unspecified atom stereocenters. The minimum Gasteiger partial charge on any atom is -0.493 e. The lowest BCUT2D eigenvalue weighted by molar-refractivity contribution is 0.284. The molecule has 3 aromatic carbocycles. The third-order valence-corrected chi connectivity index (χ3v) is 4.42. The number of nitrogens with zero attached hydrogens (tertiary/aromatic N) is 2. The van der Waals surface area contributed by atoms with Crippen molar-refractivity contribution in [2.24, 2.45) is 5.10 Å². The zero-order valence-electron chi connectivity index (χ0n) is 16.1. The number of methoxy groups -OCH3 is 1. The van der Waals surface area contributed by atoms with Crippen LogP contribution in [0.1, 0.15) is 11.1 Å². The van der Waals surface area contributed by atoms with Crippen LogP contribution in [0, 0.1) is 0 Å². The Labute approximate surface area is 169 Å². The Morgan fingerprint density at radius 2 is 1.72 bits per heavy atom. The van der Waals surface area contributed by atoms with Gasteiger partial charge < -0.3 is 9.47 Å². The van der Waals surface area contributed by atoms with Crippen molar-refractivity contribution in [3.8, 4) is 11.5 Å². The number of benzene rings is 3. The van der Waals surface area contributed by atoms with Crippen molar-refractivity contribution < 1.29 is 9.47 Å². The molecule has 1 aromatic heterocycles. The van der Waals surface area contributed by atoms with E-state index in [0.29, 0.717) is 23.9 Å². The summed E-state index contributed by atoms with van der Waals surface area (Å²) in [6.45, 7) is 0.486. The fraction of sp³-hybridized carbons (Fsp3) is 0.0833. The Kier molecular flexibility index (Phi) is 5.67. The standard InChI is InChI=1S/C24H21N3O2/c1-28-23-15-19(11-13-22(23)29-17-18-7-3-2-4-8-18)16-25-27-24-14-12-20-9-5-6-10-21(20)26-24/h2-16H,17H2,1H3,(H,26,27)/b25-16-. The van der Waals surface area contributed by atoms with Crippen molar-refractivity contribution >= 4 is 22.9 Å². The van der Waals surface area contributed by atoms with E-state index in [1.165, 1.54) is 0 Å². The number of hydrogen-bond acceptors (Lipinski definition) is 5. The van der Waals surface area contributed by atoms with Gasteiger partial charge >= 0.3 is 0 Å². The second-order valence-electron chi connectivity index (χ2n) is 6.44. The van der Waals surface area contributed by atoms with E-state index in [2.05, 4.69) is 15.5 Å². The number of ether oxygens (including phenoxy) is 2. The summed E-state index contributed by atoms with van der Waals surface area (Å²) in [5.74, 6) is 2.04. The van der Waals surface area contributed by atoms with Crippen molar-refractivity contribution in [1.82, 2.24) is 4.98 Å². The van der Waals surface area contributed by atoms with Gasteiger partial charge in [-0.15, -0.1) is 0 Å². The lowest BCUT2D eigenvalue weighted by Gasteiger charge is -2.11. The summed E-state index contributed by atoms with van der Waals surface area (Å²) in [7, 11) is 1.63. The van der Waals surface area contributed by atoms with Crippen LogP contribution in [-0.2, 0) is 6.61 Å². The summed E-state index contributed by atoms with van der Waals surface area (Å²) >= 11 is 0. The SMILES string of the molecule is COc1cc(/C=N\Nc2ccc3ccccc3n2)ccc1OCc1ccccc1. The van der Waals surface area contributed by atoms with Crippen molar-refractivity contribution in [3.63, 3.8) is 0 Å². The maximum absolute atomic E-state index is 5.89. The van der Waals surface area contributed by atoms with E-state index in [9.17, 15) is 0 Å². The van der Waals surface area contributed by atoms with Crippen LogP contribution in [0.15, 0.2) is 90.0 Å². The van der Waals surface area contributed by atoms with Crippen LogP contribution >= 0.6 is 0 Å². The number of pyridine rings is 1. The molecule has 1 heterocycles. The zero-order chi connectivity index (χ0) is 19.9. The third kappa shape index (κ3) is 4.71. The number of fused-ring (bicyclic) bond motifs is 1. The normalized spacial score (nSPS) is 10.9. The van der Waals surface area contributed by atoms with Crippen molar-refractivity contribution in [2.75, 3.05) is 12.5 Å². The predicted molar refractivity (Wildman–Crippen MR) is 117 cm³/mol. The van der Waals surface area contributed by atoms with Crippen LogP contribution in [0.2, 0.25) is 0 Å². The first-order chi connectivity index (χ1) is 14.3. The van der Waals surface area contributed by atoms with E-state index < -0.39 is 0 Å². The Bertz CT molecular complexity index is 1130. The van der Waals surface area contributed by atoms with Crippen LogP contribution < -0.4 is 14.9 Å². The van der Waals surface area contributed by atoms with Gasteiger partial charge in [0.05, 0.1) is 18.8 Å². The number of hydrazone groups is 1. The minimum atomic E-state index is 0.486. The molecule has 1 N–H and O–H groups in total. The fourth-order valence-electron chi connectivity index (χ4n) is 2.92. The summed E-state index contributed by atoms with van der Waals surface area (Å²) < 4.78 is 11.4. The van der Waals surface area contributed by atoms with Crippen LogP contribution in [0.5, 0.6) is 11.5 Å². The molecule has 4 aromatic rings. The number of rotatable bonds is 7. The quantitative estimate of drug-likeness (QED) is 0.349.